The van der Waals surface area contributed by atoms with Crippen molar-refractivity contribution in [3.8, 4) is 5.69 Å². The first-order valence-electron chi connectivity index (χ1n) is 8.86. The minimum Gasteiger partial charge on any atom is -0.268 e. The fourth-order valence-electron chi connectivity index (χ4n) is 3.08. The molecule has 0 atom stereocenters. The smallest absolute Gasteiger partial charge is 0.268 e. The van der Waals surface area contributed by atoms with Gasteiger partial charge in [0.1, 0.15) is 5.82 Å². The molecule has 0 aliphatic rings. The number of alkyl halides is 3. The lowest BCUT2D eigenvalue weighted by atomic mass is 10.1. The monoisotopic (exact) mass is 392 g/mol. The standard InChI is InChI=1S/C23H15F3N2O/c24-23(25,26)17-8-6-7-16(15-17)13-14-21-27-20-12-5-4-11-19(20)22(29)28(21)18-9-2-1-3-10-18/h1-15H. The highest BCUT2D eigenvalue weighted by Gasteiger charge is 2.30. The molecule has 4 rings (SSSR count). The van der Waals surface area contributed by atoms with Crippen molar-refractivity contribution < 1.29 is 13.2 Å². The highest BCUT2D eigenvalue weighted by atomic mass is 19.4. The Balaban J connectivity index is 1.87. The Morgan fingerprint density at radius 2 is 1.55 bits per heavy atom. The summed E-state index contributed by atoms with van der Waals surface area (Å²) in [5.74, 6) is 0.331. The van der Waals surface area contributed by atoms with Crippen molar-refractivity contribution in [2.24, 2.45) is 0 Å². The first-order valence-corrected chi connectivity index (χ1v) is 8.86. The zero-order valence-corrected chi connectivity index (χ0v) is 15.1. The normalized spacial score (nSPS) is 12.0. The SMILES string of the molecule is O=c1c2ccccc2nc(C=Cc2cccc(C(F)(F)F)c2)n1-c1ccccc1. The highest BCUT2D eigenvalue weighted by Crippen LogP contribution is 2.30. The molecule has 0 unspecified atom stereocenters. The molecule has 0 N–H and O–H groups in total. The van der Waals surface area contributed by atoms with Gasteiger partial charge in [-0.15, -0.1) is 0 Å². The Morgan fingerprint density at radius 1 is 0.828 bits per heavy atom. The second-order valence-electron chi connectivity index (χ2n) is 6.42. The number of hydrogen-bond donors (Lipinski definition) is 0. The van der Waals surface area contributed by atoms with Crippen molar-refractivity contribution in [1.82, 2.24) is 9.55 Å². The lowest BCUT2D eigenvalue weighted by molar-refractivity contribution is -0.137. The number of halogens is 3. The Labute approximate surface area is 164 Å². The maximum absolute atomic E-state index is 13.1. The average Bonchev–Trinajstić information content (AvgIpc) is 2.72. The fraction of sp³-hybridized carbons (Fsp3) is 0.0435. The van der Waals surface area contributed by atoms with Gasteiger partial charge in [0.25, 0.3) is 5.56 Å². The molecule has 0 radical (unpaired) electrons. The van der Waals surface area contributed by atoms with Gasteiger partial charge in [0.05, 0.1) is 22.2 Å². The van der Waals surface area contributed by atoms with Gasteiger partial charge in [-0.3, -0.25) is 9.36 Å². The first-order chi connectivity index (χ1) is 13.9. The second-order valence-corrected chi connectivity index (χ2v) is 6.42. The highest BCUT2D eigenvalue weighted by molar-refractivity contribution is 5.80. The molecule has 0 amide bonds. The molecule has 3 nitrogen and oxygen atoms in total. The number of hydrogen-bond acceptors (Lipinski definition) is 2. The molecule has 0 fully saturated rings. The number of nitrogens with zero attached hydrogens (tertiary/aromatic N) is 2. The van der Waals surface area contributed by atoms with Crippen LogP contribution in [-0.4, -0.2) is 9.55 Å². The molecule has 1 heterocycles. The van der Waals surface area contributed by atoms with Gasteiger partial charge in [-0.05, 0) is 48.0 Å². The molecule has 144 valence electrons. The third kappa shape index (κ3) is 3.82. The summed E-state index contributed by atoms with van der Waals surface area (Å²) >= 11 is 0. The predicted molar refractivity (Wildman–Crippen MR) is 108 cm³/mol. The molecule has 6 heteroatoms. The van der Waals surface area contributed by atoms with Crippen LogP contribution in [0.4, 0.5) is 13.2 Å². The molecule has 0 bridgehead atoms. The minimum absolute atomic E-state index is 0.245. The molecule has 0 aliphatic heterocycles. The van der Waals surface area contributed by atoms with Crippen LogP contribution in [0.2, 0.25) is 0 Å². The maximum atomic E-state index is 13.1. The number of aromatic nitrogens is 2. The summed E-state index contributed by atoms with van der Waals surface area (Å²) < 4.78 is 40.3. The fourth-order valence-corrected chi connectivity index (χ4v) is 3.08. The third-order valence-corrected chi connectivity index (χ3v) is 4.45. The molecule has 0 saturated heterocycles. The summed E-state index contributed by atoms with van der Waals surface area (Å²) in [6.07, 6.45) is -1.35. The van der Waals surface area contributed by atoms with Crippen LogP contribution in [0.15, 0.2) is 83.7 Å². The predicted octanol–water partition coefficient (Wildman–Crippen LogP) is 5.57. The average molecular weight is 392 g/mol. The number of rotatable bonds is 3. The van der Waals surface area contributed by atoms with E-state index in [0.717, 1.165) is 12.1 Å². The van der Waals surface area contributed by atoms with Crippen LogP contribution in [0, 0.1) is 0 Å². The van der Waals surface area contributed by atoms with Crippen LogP contribution in [0.1, 0.15) is 17.0 Å². The van der Waals surface area contributed by atoms with E-state index in [1.54, 1.807) is 60.7 Å². The van der Waals surface area contributed by atoms with Crippen LogP contribution in [0.5, 0.6) is 0 Å². The molecule has 1 aromatic heterocycles. The Morgan fingerprint density at radius 3 is 2.31 bits per heavy atom. The summed E-state index contributed by atoms with van der Waals surface area (Å²) in [5, 5.41) is 0.465. The summed E-state index contributed by atoms with van der Waals surface area (Å²) in [6.45, 7) is 0. The summed E-state index contributed by atoms with van der Waals surface area (Å²) in [4.78, 5) is 17.6. The van der Waals surface area contributed by atoms with Crippen LogP contribution >= 0.6 is 0 Å². The van der Waals surface area contributed by atoms with E-state index in [2.05, 4.69) is 4.98 Å². The Bertz CT molecular complexity index is 1260. The van der Waals surface area contributed by atoms with Crippen molar-refractivity contribution in [3.63, 3.8) is 0 Å². The third-order valence-electron chi connectivity index (χ3n) is 4.45. The van der Waals surface area contributed by atoms with Crippen LogP contribution in [0.25, 0.3) is 28.7 Å². The van der Waals surface area contributed by atoms with Gasteiger partial charge in [-0.1, -0.05) is 48.5 Å². The van der Waals surface area contributed by atoms with E-state index in [1.807, 2.05) is 6.07 Å². The minimum atomic E-state index is -4.42. The van der Waals surface area contributed by atoms with E-state index in [4.69, 9.17) is 0 Å². The van der Waals surface area contributed by atoms with Crippen molar-refractivity contribution >= 4 is 23.1 Å². The van der Waals surface area contributed by atoms with Crippen LogP contribution in [-0.2, 0) is 6.18 Å². The number of para-hydroxylation sites is 2. The van der Waals surface area contributed by atoms with Crippen molar-refractivity contribution in [1.29, 1.82) is 0 Å². The van der Waals surface area contributed by atoms with Gasteiger partial charge in [0.15, 0.2) is 0 Å². The molecular weight excluding hydrogens is 377 g/mol. The van der Waals surface area contributed by atoms with Crippen LogP contribution in [0.3, 0.4) is 0 Å². The second kappa shape index (κ2) is 7.39. The van der Waals surface area contributed by atoms with Gasteiger partial charge in [0.2, 0.25) is 0 Å². The number of benzene rings is 3. The molecular formula is C23H15F3N2O. The molecule has 29 heavy (non-hydrogen) atoms. The van der Waals surface area contributed by atoms with Gasteiger partial charge >= 0.3 is 6.18 Å². The summed E-state index contributed by atoms with van der Waals surface area (Å²) in [7, 11) is 0. The van der Waals surface area contributed by atoms with Gasteiger partial charge in [0, 0.05) is 0 Å². The topological polar surface area (TPSA) is 34.9 Å². The lowest BCUT2D eigenvalue weighted by Crippen LogP contribution is -2.22. The van der Waals surface area contributed by atoms with Gasteiger partial charge in [-0.2, -0.15) is 13.2 Å². The quantitative estimate of drug-likeness (QED) is 0.457. The van der Waals surface area contributed by atoms with E-state index in [-0.39, 0.29) is 5.56 Å². The van der Waals surface area contributed by atoms with Crippen molar-refractivity contribution in [3.05, 3.63) is 106 Å². The zero-order chi connectivity index (χ0) is 20.4. The maximum Gasteiger partial charge on any atom is 0.416 e. The van der Waals surface area contributed by atoms with Crippen molar-refractivity contribution in [2.75, 3.05) is 0 Å². The van der Waals surface area contributed by atoms with E-state index in [0.29, 0.717) is 28.0 Å². The van der Waals surface area contributed by atoms with Crippen molar-refractivity contribution in [2.45, 2.75) is 6.18 Å². The number of fused-ring (bicyclic) bond motifs is 1. The van der Waals surface area contributed by atoms with Gasteiger partial charge < -0.3 is 0 Å². The first kappa shape index (κ1) is 18.7. The lowest BCUT2D eigenvalue weighted by Gasteiger charge is -2.11. The molecule has 3 aromatic carbocycles. The molecule has 4 aromatic rings. The molecule has 0 saturated carbocycles. The largest absolute Gasteiger partial charge is 0.416 e. The van der Waals surface area contributed by atoms with E-state index in [1.165, 1.54) is 16.7 Å². The molecule has 0 spiro atoms. The Hall–Kier alpha value is -3.67. The summed E-state index contributed by atoms with van der Waals surface area (Å²) in [5.41, 5.74) is 0.534. The van der Waals surface area contributed by atoms with Gasteiger partial charge in [-0.25, -0.2) is 4.98 Å². The molecule has 0 aliphatic carbocycles. The van der Waals surface area contributed by atoms with E-state index < -0.39 is 11.7 Å². The van der Waals surface area contributed by atoms with E-state index >= 15 is 0 Å². The van der Waals surface area contributed by atoms with E-state index in [9.17, 15) is 18.0 Å². The Kier molecular flexibility index (Phi) is 4.76. The van der Waals surface area contributed by atoms with Crippen LogP contribution < -0.4 is 5.56 Å². The zero-order valence-electron chi connectivity index (χ0n) is 15.1. The summed E-state index contributed by atoms with van der Waals surface area (Å²) in [6, 6.07) is 21.0.